The number of hydrogen-bond donors (Lipinski definition) is 3. The molecule has 2 aromatic carbocycles. The van der Waals surface area contributed by atoms with Gasteiger partial charge in [-0.2, -0.15) is 0 Å². The predicted molar refractivity (Wildman–Crippen MR) is 89.7 cm³/mol. The molecule has 6 nitrogen and oxygen atoms in total. The van der Waals surface area contributed by atoms with E-state index >= 15 is 0 Å². The lowest BCUT2D eigenvalue weighted by Crippen LogP contribution is -2.46. The molecule has 0 saturated heterocycles. The Hall–Kier alpha value is -3.15. The van der Waals surface area contributed by atoms with Gasteiger partial charge in [0.15, 0.2) is 0 Å². The minimum Gasteiger partial charge on any atom is -0.369 e. The van der Waals surface area contributed by atoms with Crippen molar-refractivity contribution in [1.82, 2.24) is 5.32 Å². The zero-order chi connectivity index (χ0) is 17.6. The fraction of sp³-hybridized carbons (Fsp3) is 0.167. The van der Waals surface area contributed by atoms with Gasteiger partial charge in [-0.25, -0.2) is 0 Å². The molecule has 2 rings (SSSR count). The smallest absolute Gasteiger partial charge is 0.309 e. The molecular formula is C18H19N3O3. The van der Waals surface area contributed by atoms with Gasteiger partial charge in [-0.15, -0.1) is 0 Å². The fourth-order valence-corrected chi connectivity index (χ4v) is 2.76. The minimum absolute atomic E-state index is 0.0779. The third-order valence-corrected chi connectivity index (χ3v) is 3.96. The molecule has 0 bridgehead atoms. The van der Waals surface area contributed by atoms with Crippen LogP contribution < -0.4 is 16.8 Å². The lowest BCUT2D eigenvalue weighted by Gasteiger charge is -2.32. The second-order valence-electron chi connectivity index (χ2n) is 5.37. The maximum atomic E-state index is 12.4. The lowest BCUT2D eigenvalue weighted by atomic mass is 9.71. The van der Waals surface area contributed by atoms with Gasteiger partial charge < -0.3 is 16.8 Å². The molecular weight excluding hydrogens is 306 g/mol. The van der Waals surface area contributed by atoms with Crippen LogP contribution in [0, 0.1) is 0 Å². The number of carbonyl (C=O) groups is 3. The van der Waals surface area contributed by atoms with Crippen molar-refractivity contribution in [3.63, 3.8) is 0 Å². The number of carbonyl (C=O) groups excluding carboxylic acids is 3. The molecule has 124 valence electrons. The maximum Gasteiger partial charge on any atom is 0.309 e. The Morgan fingerprint density at radius 2 is 1.29 bits per heavy atom. The van der Waals surface area contributed by atoms with Gasteiger partial charge in [0.05, 0.1) is 0 Å². The van der Waals surface area contributed by atoms with Crippen LogP contribution in [0.25, 0.3) is 0 Å². The van der Waals surface area contributed by atoms with Crippen LogP contribution >= 0.6 is 0 Å². The molecule has 24 heavy (non-hydrogen) atoms. The standard InChI is InChI=1S/C18H19N3O3/c19-15(22)16(23)21-12-11-18(17(20)24,13-7-3-1-4-8-13)14-9-5-2-6-10-14/h1-10H,11-12H2,(H2,19,22)(H2,20,24)(H,21,23). The summed E-state index contributed by atoms with van der Waals surface area (Å²) in [5.41, 5.74) is 11.0. The van der Waals surface area contributed by atoms with Gasteiger partial charge in [-0.05, 0) is 17.5 Å². The minimum atomic E-state index is -1.12. The molecule has 6 heteroatoms. The summed E-state index contributed by atoms with van der Waals surface area (Å²) >= 11 is 0. The van der Waals surface area contributed by atoms with Gasteiger partial charge in [0.25, 0.3) is 0 Å². The number of hydrogen-bond acceptors (Lipinski definition) is 3. The average Bonchev–Trinajstić information content (AvgIpc) is 2.59. The second kappa shape index (κ2) is 7.41. The van der Waals surface area contributed by atoms with E-state index in [-0.39, 0.29) is 13.0 Å². The van der Waals surface area contributed by atoms with Crippen molar-refractivity contribution in [3.05, 3.63) is 71.8 Å². The van der Waals surface area contributed by atoms with Gasteiger partial charge in [-0.3, -0.25) is 14.4 Å². The predicted octanol–water partition coefficient (Wildman–Crippen LogP) is 0.450. The first kappa shape index (κ1) is 17.2. The molecule has 0 aromatic heterocycles. The Balaban J connectivity index is 2.42. The fourth-order valence-electron chi connectivity index (χ4n) is 2.76. The van der Waals surface area contributed by atoms with E-state index in [0.29, 0.717) is 0 Å². The van der Waals surface area contributed by atoms with Crippen LogP contribution in [0.15, 0.2) is 60.7 Å². The van der Waals surface area contributed by atoms with Crippen molar-refractivity contribution < 1.29 is 14.4 Å². The van der Waals surface area contributed by atoms with Crippen molar-refractivity contribution in [3.8, 4) is 0 Å². The first-order chi connectivity index (χ1) is 11.5. The van der Waals surface area contributed by atoms with Crippen LogP contribution in [0.4, 0.5) is 0 Å². The summed E-state index contributed by atoms with van der Waals surface area (Å²) in [6, 6.07) is 18.2. The highest BCUT2D eigenvalue weighted by Crippen LogP contribution is 2.35. The molecule has 0 heterocycles. The normalized spacial score (nSPS) is 10.8. The molecule has 0 radical (unpaired) electrons. The zero-order valence-electron chi connectivity index (χ0n) is 13.1. The van der Waals surface area contributed by atoms with Crippen molar-refractivity contribution in [2.24, 2.45) is 11.5 Å². The van der Waals surface area contributed by atoms with Crippen LogP contribution in [0.3, 0.4) is 0 Å². The van der Waals surface area contributed by atoms with Gasteiger partial charge in [-0.1, -0.05) is 60.7 Å². The Labute approximate surface area is 139 Å². The monoisotopic (exact) mass is 325 g/mol. The molecule has 2 aromatic rings. The van der Waals surface area contributed by atoms with E-state index in [0.717, 1.165) is 11.1 Å². The maximum absolute atomic E-state index is 12.4. The quantitative estimate of drug-likeness (QED) is 0.670. The summed E-state index contributed by atoms with van der Waals surface area (Å²) in [6.45, 7) is 0.0779. The van der Waals surface area contributed by atoms with Gasteiger partial charge in [0.1, 0.15) is 5.41 Å². The summed E-state index contributed by atoms with van der Waals surface area (Å²) in [5, 5.41) is 2.41. The molecule has 3 amide bonds. The van der Waals surface area contributed by atoms with Crippen LogP contribution in [-0.4, -0.2) is 24.3 Å². The van der Waals surface area contributed by atoms with Crippen molar-refractivity contribution in [2.45, 2.75) is 11.8 Å². The van der Waals surface area contributed by atoms with E-state index in [1.54, 1.807) is 0 Å². The van der Waals surface area contributed by atoms with E-state index in [9.17, 15) is 14.4 Å². The van der Waals surface area contributed by atoms with Crippen molar-refractivity contribution >= 4 is 17.7 Å². The molecule has 0 aliphatic carbocycles. The number of nitrogens with one attached hydrogen (secondary N) is 1. The highest BCUT2D eigenvalue weighted by Gasteiger charge is 2.40. The van der Waals surface area contributed by atoms with E-state index in [1.165, 1.54) is 0 Å². The first-order valence-electron chi connectivity index (χ1n) is 7.47. The largest absolute Gasteiger partial charge is 0.369 e. The molecule has 0 spiro atoms. The van der Waals surface area contributed by atoms with Gasteiger partial charge in [0, 0.05) is 6.54 Å². The zero-order valence-corrected chi connectivity index (χ0v) is 13.1. The topological polar surface area (TPSA) is 115 Å². The summed E-state index contributed by atoms with van der Waals surface area (Å²) in [6.07, 6.45) is 0.204. The SMILES string of the molecule is NC(=O)C(=O)NCCC(C(N)=O)(c1ccccc1)c1ccccc1. The average molecular weight is 325 g/mol. The molecule has 0 aliphatic rings. The number of rotatable bonds is 6. The first-order valence-corrected chi connectivity index (χ1v) is 7.47. The molecule has 0 fully saturated rings. The third kappa shape index (κ3) is 3.43. The Bertz CT molecular complexity index is 690. The number of nitrogens with two attached hydrogens (primary N) is 2. The Kier molecular flexibility index (Phi) is 5.31. The van der Waals surface area contributed by atoms with Crippen molar-refractivity contribution in [1.29, 1.82) is 0 Å². The van der Waals surface area contributed by atoms with E-state index in [4.69, 9.17) is 11.5 Å². The number of primary amides is 2. The highest BCUT2D eigenvalue weighted by atomic mass is 16.2. The molecule has 5 N–H and O–H groups in total. The number of amides is 3. The van der Waals surface area contributed by atoms with Crippen LogP contribution in [0.2, 0.25) is 0 Å². The van der Waals surface area contributed by atoms with E-state index < -0.39 is 23.1 Å². The number of benzene rings is 2. The van der Waals surface area contributed by atoms with E-state index in [1.807, 2.05) is 60.7 Å². The highest BCUT2D eigenvalue weighted by molar-refractivity contribution is 6.34. The molecule has 0 unspecified atom stereocenters. The molecule has 0 saturated carbocycles. The van der Waals surface area contributed by atoms with Crippen LogP contribution in [0.5, 0.6) is 0 Å². The van der Waals surface area contributed by atoms with Gasteiger partial charge in [0.2, 0.25) is 5.91 Å². The third-order valence-electron chi connectivity index (χ3n) is 3.96. The Morgan fingerprint density at radius 1 is 0.833 bits per heavy atom. The molecule has 0 aliphatic heterocycles. The molecule has 0 atom stereocenters. The summed E-state index contributed by atoms with van der Waals surface area (Å²) in [5.74, 6) is -2.50. The summed E-state index contributed by atoms with van der Waals surface area (Å²) in [4.78, 5) is 34.7. The van der Waals surface area contributed by atoms with Crippen molar-refractivity contribution in [2.75, 3.05) is 6.54 Å². The van der Waals surface area contributed by atoms with Crippen LogP contribution in [0.1, 0.15) is 17.5 Å². The lowest BCUT2D eigenvalue weighted by molar-refractivity contribution is -0.137. The van der Waals surface area contributed by atoms with Crippen LogP contribution in [-0.2, 0) is 19.8 Å². The summed E-state index contributed by atoms with van der Waals surface area (Å²) in [7, 11) is 0. The second-order valence-corrected chi connectivity index (χ2v) is 5.37. The van der Waals surface area contributed by atoms with E-state index in [2.05, 4.69) is 5.32 Å². The van der Waals surface area contributed by atoms with Gasteiger partial charge >= 0.3 is 11.8 Å². The Morgan fingerprint density at radius 3 is 1.67 bits per heavy atom. The summed E-state index contributed by atoms with van der Waals surface area (Å²) < 4.78 is 0.